The molecule has 1 aliphatic heterocycles. The summed E-state index contributed by atoms with van der Waals surface area (Å²) < 4.78 is 2.20. The van der Waals surface area contributed by atoms with Crippen molar-refractivity contribution >= 4 is 16.6 Å². The van der Waals surface area contributed by atoms with Crippen LogP contribution in [-0.2, 0) is 7.05 Å². The molecule has 0 bridgehead atoms. The minimum atomic E-state index is 1.09. The Hall–Kier alpha value is -1.48. The minimum Gasteiger partial charge on any atom is -0.369 e. The molecule has 0 aliphatic carbocycles. The van der Waals surface area contributed by atoms with E-state index in [1.165, 1.54) is 22.2 Å². The number of hydrogen-bond acceptors (Lipinski definition) is 2. The molecule has 2 heterocycles. The Morgan fingerprint density at radius 1 is 1.18 bits per heavy atom. The molecule has 0 radical (unpaired) electrons. The van der Waals surface area contributed by atoms with Gasteiger partial charge in [-0.15, -0.1) is 0 Å². The maximum absolute atomic E-state index is 3.39. The fraction of sp³-hybridized carbons (Fsp3) is 0.429. The highest BCUT2D eigenvalue weighted by Crippen LogP contribution is 2.26. The molecule has 3 heteroatoms. The van der Waals surface area contributed by atoms with Gasteiger partial charge in [0.05, 0.1) is 5.52 Å². The largest absolute Gasteiger partial charge is 0.369 e. The SMILES string of the molecule is Cc1cc(N2CCNCC2)cc2ccn(C)c12. The molecule has 3 rings (SSSR count). The van der Waals surface area contributed by atoms with Gasteiger partial charge in [-0.2, -0.15) is 0 Å². The number of aryl methyl sites for hydroxylation is 2. The molecular weight excluding hydrogens is 210 g/mol. The van der Waals surface area contributed by atoms with Gasteiger partial charge < -0.3 is 14.8 Å². The average molecular weight is 229 g/mol. The molecule has 2 aromatic rings. The summed E-state index contributed by atoms with van der Waals surface area (Å²) in [5.74, 6) is 0. The second kappa shape index (κ2) is 4.08. The van der Waals surface area contributed by atoms with E-state index >= 15 is 0 Å². The molecule has 0 saturated carbocycles. The minimum absolute atomic E-state index is 1.09. The van der Waals surface area contributed by atoms with Gasteiger partial charge in [0.1, 0.15) is 0 Å². The van der Waals surface area contributed by atoms with Crippen LogP contribution in [0.3, 0.4) is 0 Å². The summed E-state index contributed by atoms with van der Waals surface area (Å²) in [5, 5.41) is 4.74. The van der Waals surface area contributed by atoms with Crippen LogP contribution in [0.4, 0.5) is 5.69 Å². The molecule has 1 aromatic heterocycles. The van der Waals surface area contributed by atoms with Gasteiger partial charge in [0.15, 0.2) is 0 Å². The molecule has 90 valence electrons. The van der Waals surface area contributed by atoms with Crippen molar-refractivity contribution in [2.24, 2.45) is 7.05 Å². The van der Waals surface area contributed by atoms with E-state index in [0.717, 1.165) is 26.2 Å². The zero-order valence-electron chi connectivity index (χ0n) is 10.5. The lowest BCUT2D eigenvalue weighted by Gasteiger charge is -2.29. The molecule has 1 aromatic carbocycles. The molecule has 17 heavy (non-hydrogen) atoms. The molecular formula is C14H19N3. The first-order valence-electron chi connectivity index (χ1n) is 6.27. The summed E-state index contributed by atoms with van der Waals surface area (Å²) in [6.07, 6.45) is 2.14. The summed E-state index contributed by atoms with van der Waals surface area (Å²) in [7, 11) is 2.11. The Labute approximate surface area is 102 Å². The highest BCUT2D eigenvalue weighted by atomic mass is 15.2. The van der Waals surface area contributed by atoms with Gasteiger partial charge in [-0.1, -0.05) is 0 Å². The van der Waals surface area contributed by atoms with E-state index in [1.54, 1.807) is 0 Å². The highest BCUT2D eigenvalue weighted by Gasteiger charge is 2.12. The third kappa shape index (κ3) is 1.80. The topological polar surface area (TPSA) is 20.2 Å². The predicted molar refractivity (Wildman–Crippen MR) is 72.7 cm³/mol. The van der Waals surface area contributed by atoms with Crippen molar-refractivity contribution in [3.8, 4) is 0 Å². The molecule has 1 aliphatic rings. The average Bonchev–Trinajstić information content (AvgIpc) is 2.73. The number of anilines is 1. The van der Waals surface area contributed by atoms with Crippen molar-refractivity contribution in [2.75, 3.05) is 31.1 Å². The zero-order chi connectivity index (χ0) is 11.8. The molecule has 0 amide bonds. The van der Waals surface area contributed by atoms with Crippen LogP contribution in [0.2, 0.25) is 0 Å². The Bertz CT molecular complexity index is 536. The van der Waals surface area contributed by atoms with Crippen molar-refractivity contribution in [3.05, 3.63) is 30.0 Å². The van der Waals surface area contributed by atoms with Gasteiger partial charge in [0.2, 0.25) is 0 Å². The lowest BCUT2D eigenvalue weighted by molar-refractivity contribution is 0.589. The number of nitrogens with one attached hydrogen (secondary N) is 1. The summed E-state index contributed by atoms with van der Waals surface area (Å²) in [5.41, 5.74) is 4.08. The maximum atomic E-state index is 3.39. The Morgan fingerprint density at radius 2 is 1.94 bits per heavy atom. The summed E-state index contributed by atoms with van der Waals surface area (Å²) in [6, 6.07) is 6.83. The molecule has 0 spiro atoms. The first kappa shape index (κ1) is 10.7. The fourth-order valence-electron chi connectivity index (χ4n) is 2.77. The van der Waals surface area contributed by atoms with E-state index < -0.39 is 0 Å². The van der Waals surface area contributed by atoms with Crippen LogP contribution in [0, 0.1) is 6.92 Å². The van der Waals surface area contributed by atoms with Gasteiger partial charge >= 0.3 is 0 Å². The fourth-order valence-corrected chi connectivity index (χ4v) is 2.77. The van der Waals surface area contributed by atoms with E-state index in [2.05, 4.69) is 53.2 Å². The van der Waals surface area contributed by atoms with Gasteiger partial charge in [-0.3, -0.25) is 0 Å². The smallest absolute Gasteiger partial charge is 0.0508 e. The van der Waals surface area contributed by atoms with Crippen LogP contribution in [0.5, 0.6) is 0 Å². The molecule has 3 nitrogen and oxygen atoms in total. The highest BCUT2D eigenvalue weighted by molar-refractivity contribution is 5.87. The third-order valence-electron chi connectivity index (χ3n) is 3.63. The molecule has 1 N–H and O–H groups in total. The lowest BCUT2D eigenvalue weighted by atomic mass is 10.1. The monoisotopic (exact) mass is 229 g/mol. The second-order valence-corrected chi connectivity index (χ2v) is 4.86. The number of benzene rings is 1. The van der Waals surface area contributed by atoms with Crippen LogP contribution in [0.15, 0.2) is 24.4 Å². The van der Waals surface area contributed by atoms with Gasteiger partial charge in [-0.05, 0) is 30.7 Å². The van der Waals surface area contributed by atoms with Crippen molar-refractivity contribution in [1.29, 1.82) is 0 Å². The van der Waals surface area contributed by atoms with E-state index in [1.807, 2.05) is 0 Å². The summed E-state index contributed by atoms with van der Waals surface area (Å²) >= 11 is 0. The molecule has 1 fully saturated rings. The number of aromatic nitrogens is 1. The summed E-state index contributed by atoms with van der Waals surface area (Å²) in [4.78, 5) is 2.47. The van der Waals surface area contributed by atoms with Crippen LogP contribution in [0.25, 0.3) is 10.9 Å². The quantitative estimate of drug-likeness (QED) is 0.806. The van der Waals surface area contributed by atoms with Gasteiger partial charge in [-0.25, -0.2) is 0 Å². The number of hydrogen-bond donors (Lipinski definition) is 1. The number of fused-ring (bicyclic) bond motifs is 1. The number of piperazine rings is 1. The van der Waals surface area contributed by atoms with E-state index in [9.17, 15) is 0 Å². The Morgan fingerprint density at radius 3 is 2.71 bits per heavy atom. The zero-order valence-corrected chi connectivity index (χ0v) is 10.5. The molecule has 1 saturated heterocycles. The van der Waals surface area contributed by atoms with Gasteiger partial charge in [0.25, 0.3) is 0 Å². The normalized spacial score (nSPS) is 16.7. The number of nitrogens with zero attached hydrogens (tertiary/aromatic N) is 2. The first-order chi connectivity index (χ1) is 8.25. The van der Waals surface area contributed by atoms with Crippen molar-refractivity contribution in [2.45, 2.75) is 6.92 Å². The van der Waals surface area contributed by atoms with E-state index in [-0.39, 0.29) is 0 Å². The van der Waals surface area contributed by atoms with Crippen LogP contribution in [-0.4, -0.2) is 30.7 Å². The Kier molecular flexibility index (Phi) is 2.56. The Balaban J connectivity index is 2.05. The van der Waals surface area contributed by atoms with Crippen molar-refractivity contribution < 1.29 is 0 Å². The molecule has 0 atom stereocenters. The van der Waals surface area contributed by atoms with Crippen LogP contribution in [0.1, 0.15) is 5.56 Å². The van der Waals surface area contributed by atoms with Gasteiger partial charge in [0, 0.05) is 50.5 Å². The number of rotatable bonds is 1. The van der Waals surface area contributed by atoms with E-state index in [0.29, 0.717) is 0 Å². The van der Waals surface area contributed by atoms with Crippen molar-refractivity contribution in [3.63, 3.8) is 0 Å². The summed E-state index contributed by atoms with van der Waals surface area (Å²) in [6.45, 7) is 6.60. The first-order valence-corrected chi connectivity index (χ1v) is 6.27. The lowest BCUT2D eigenvalue weighted by Crippen LogP contribution is -2.43. The predicted octanol–water partition coefficient (Wildman–Crippen LogP) is 1.90. The van der Waals surface area contributed by atoms with Crippen molar-refractivity contribution in [1.82, 2.24) is 9.88 Å². The molecule has 0 unspecified atom stereocenters. The standard InChI is InChI=1S/C14H19N3/c1-11-9-13(17-7-4-15-5-8-17)10-12-3-6-16(2)14(11)12/h3,6,9-10,15H,4-5,7-8H2,1-2H3. The third-order valence-corrected chi connectivity index (χ3v) is 3.63. The van der Waals surface area contributed by atoms with Crippen LogP contribution < -0.4 is 10.2 Å². The maximum Gasteiger partial charge on any atom is 0.0508 e. The van der Waals surface area contributed by atoms with Crippen LogP contribution >= 0.6 is 0 Å². The second-order valence-electron chi connectivity index (χ2n) is 4.86. The van der Waals surface area contributed by atoms with E-state index in [4.69, 9.17) is 0 Å².